The van der Waals surface area contributed by atoms with Crippen LogP contribution in [-0.4, -0.2) is 34.5 Å². The predicted octanol–water partition coefficient (Wildman–Crippen LogP) is 2.89. The Hall–Kier alpha value is -3.74. The summed E-state index contributed by atoms with van der Waals surface area (Å²) in [6.07, 6.45) is 1.57. The molecule has 0 radical (unpaired) electrons. The van der Waals surface area contributed by atoms with Crippen LogP contribution in [0.4, 0.5) is 0 Å². The van der Waals surface area contributed by atoms with E-state index in [0.29, 0.717) is 23.7 Å². The van der Waals surface area contributed by atoms with Crippen molar-refractivity contribution in [3.05, 3.63) is 72.4 Å². The van der Waals surface area contributed by atoms with Gasteiger partial charge in [-0.15, -0.1) is 10.2 Å². The number of aromatic nitrogens is 6. The molecule has 0 saturated heterocycles. The van der Waals surface area contributed by atoms with Gasteiger partial charge < -0.3 is 9.67 Å². The first-order valence-corrected chi connectivity index (χ1v) is 8.20. The summed E-state index contributed by atoms with van der Waals surface area (Å²) in [5.41, 5.74) is 3.71. The van der Waals surface area contributed by atoms with Gasteiger partial charge in [0, 0.05) is 12.6 Å². The molecule has 1 N–H and O–H groups in total. The Morgan fingerprint density at radius 3 is 2.58 bits per heavy atom. The average Bonchev–Trinajstić information content (AvgIpc) is 3.29. The average molecular weight is 342 g/mol. The number of benzene rings is 2. The molecule has 5 rings (SSSR count). The minimum atomic E-state index is -0.0791. The molecule has 7 nitrogen and oxygen atoms in total. The van der Waals surface area contributed by atoms with Crippen molar-refractivity contribution in [1.82, 2.24) is 29.4 Å². The fourth-order valence-corrected chi connectivity index (χ4v) is 3.11. The van der Waals surface area contributed by atoms with Crippen molar-refractivity contribution in [2.24, 2.45) is 0 Å². The number of rotatable bonds is 3. The Morgan fingerprint density at radius 2 is 1.69 bits per heavy atom. The van der Waals surface area contributed by atoms with Crippen molar-refractivity contribution >= 4 is 16.7 Å². The van der Waals surface area contributed by atoms with Crippen molar-refractivity contribution in [3.63, 3.8) is 0 Å². The maximum absolute atomic E-state index is 10.7. The second kappa shape index (κ2) is 5.66. The van der Waals surface area contributed by atoms with Crippen LogP contribution in [0.3, 0.4) is 0 Å². The summed E-state index contributed by atoms with van der Waals surface area (Å²) < 4.78 is 3.39. The maximum Gasteiger partial charge on any atom is 0.246 e. The van der Waals surface area contributed by atoms with Crippen molar-refractivity contribution in [3.8, 4) is 17.4 Å². The molecule has 0 aliphatic carbocycles. The third-order valence-corrected chi connectivity index (χ3v) is 4.34. The highest BCUT2D eigenvalue weighted by molar-refractivity contribution is 5.81. The Labute approximate surface area is 148 Å². The molecule has 0 bridgehead atoms. The summed E-state index contributed by atoms with van der Waals surface area (Å²) in [5.74, 6) is 0.474. The van der Waals surface area contributed by atoms with E-state index in [2.05, 4.69) is 27.4 Å². The summed E-state index contributed by atoms with van der Waals surface area (Å²) in [7, 11) is 0. The Kier molecular flexibility index (Phi) is 3.18. The van der Waals surface area contributed by atoms with Gasteiger partial charge in [-0.3, -0.25) is 0 Å². The summed E-state index contributed by atoms with van der Waals surface area (Å²) >= 11 is 0. The predicted molar refractivity (Wildman–Crippen MR) is 96.7 cm³/mol. The minimum Gasteiger partial charge on any atom is -0.492 e. The third kappa shape index (κ3) is 2.21. The van der Waals surface area contributed by atoms with E-state index >= 15 is 0 Å². The zero-order valence-corrected chi connectivity index (χ0v) is 13.7. The summed E-state index contributed by atoms with van der Waals surface area (Å²) in [4.78, 5) is 4.69. The van der Waals surface area contributed by atoms with Crippen LogP contribution < -0.4 is 0 Å². The molecule has 0 amide bonds. The van der Waals surface area contributed by atoms with Crippen molar-refractivity contribution in [2.75, 3.05) is 0 Å². The second-order valence-electron chi connectivity index (χ2n) is 5.97. The van der Waals surface area contributed by atoms with Crippen LogP contribution in [0.15, 0.2) is 66.9 Å². The summed E-state index contributed by atoms with van der Waals surface area (Å²) in [6, 6.07) is 19.6. The molecule has 0 spiro atoms. The molecule has 5 aromatic rings. The van der Waals surface area contributed by atoms with Crippen LogP contribution in [0.5, 0.6) is 5.88 Å². The molecule has 7 heteroatoms. The number of para-hydroxylation sites is 2. The molecule has 26 heavy (non-hydrogen) atoms. The topological polar surface area (TPSA) is 81.1 Å². The van der Waals surface area contributed by atoms with Crippen LogP contribution in [0.1, 0.15) is 5.56 Å². The van der Waals surface area contributed by atoms with E-state index in [1.807, 2.05) is 47.0 Å². The SMILES string of the molecule is Oc1c(-c2nc3ccccc3n2Cc2ccccc2)nnc2ccnn12. The van der Waals surface area contributed by atoms with Gasteiger partial charge in [-0.25, -0.2) is 4.98 Å². The van der Waals surface area contributed by atoms with Crippen LogP contribution >= 0.6 is 0 Å². The number of aromatic hydroxyl groups is 1. The van der Waals surface area contributed by atoms with E-state index in [-0.39, 0.29) is 5.88 Å². The van der Waals surface area contributed by atoms with Gasteiger partial charge in [-0.05, 0) is 17.7 Å². The largest absolute Gasteiger partial charge is 0.492 e. The van der Waals surface area contributed by atoms with E-state index < -0.39 is 0 Å². The van der Waals surface area contributed by atoms with Gasteiger partial charge >= 0.3 is 0 Å². The minimum absolute atomic E-state index is 0.0791. The molecule has 0 aliphatic rings. The quantitative estimate of drug-likeness (QED) is 0.545. The lowest BCUT2D eigenvalue weighted by Crippen LogP contribution is -2.06. The number of imidazole rings is 1. The van der Waals surface area contributed by atoms with Gasteiger partial charge in [-0.1, -0.05) is 42.5 Å². The third-order valence-electron chi connectivity index (χ3n) is 4.34. The zero-order chi connectivity index (χ0) is 17.5. The monoisotopic (exact) mass is 342 g/mol. The van der Waals surface area contributed by atoms with Crippen LogP contribution in [0, 0.1) is 0 Å². The van der Waals surface area contributed by atoms with Crippen molar-refractivity contribution < 1.29 is 5.11 Å². The van der Waals surface area contributed by atoms with Gasteiger partial charge in [-0.2, -0.15) is 9.61 Å². The zero-order valence-electron chi connectivity index (χ0n) is 13.7. The van der Waals surface area contributed by atoms with E-state index in [0.717, 1.165) is 16.6 Å². The van der Waals surface area contributed by atoms with Gasteiger partial charge in [0.25, 0.3) is 0 Å². The maximum atomic E-state index is 10.7. The van der Waals surface area contributed by atoms with Crippen molar-refractivity contribution in [2.45, 2.75) is 6.54 Å². The number of nitrogens with zero attached hydrogens (tertiary/aromatic N) is 6. The van der Waals surface area contributed by atoms with Gasteiger partial charge in [0.2, 0.25) is 5.88 Å². The molecular formula is C19H14N6O. The summed E-state index contributed by atoms with van der Waals surface area (Å²) in [5, 5.41) is 23.1. The van der Waals surface area contributed by atoms with Crippen LogP contribution in [-0.2, 0) is 6.54 Å². The van der Waals surface area contributed by atoms with Crippen molar-refractivity contribution in [1.29, 1.82) is 0 Å². The molecule has 3 heterocycles. The normalized spacial score (nSPS) is 11.4. The van der Waals surface area contributed by atoms with E-state index in [1.54, 1.807) is 12.3 Å². The molecule has 2 aromatic carbocycles. The first-order valence-electron chi connectivity index (χ1n) is 8.20. The Balaban J connectivity index is 1.76. The van der Waals surface area contributed by atoms with Crippen LogP contribution in [0.25, 0.3) is 28.2 Å². The molecule has 0 fully saturated rings. The molecule has 0 saturated carbocycles. The van der Waals surface area contributed by atoms with Gasteiger partial charge in [0.15, 0.2) is 17.2 Å². The smallest absolute Gasteiger partial charge is 0.246 e. The fraction of sp³-hybridized carbons (Fsp3) is 0.0526. The highest BCUT2D eigenvalue weighted by Crippen LogP contribution is 2.29. The first kappa shape index (κ1) is 14.6. The number of hydrogen-bond donors (Lipinski definition) is 1. The Morgan fingerprint density at radius 1 is 0.885 bits per heavy atom. The number of fused-ring (bicyclic) bond motifs is 2. The first-order chi connectivity index (χ1) is 12.8. The molecule has 126 valence electrons. The second-order valence-corrected chi connectivity index (χ2v) is 5.97. The molecule has 3 aromatic heterocycles. The van der Waals surface area contributed by atoms with Crippen LogP contribution in [0.2, 0.25) is 0 Å². The lowest BCUT2D eigenvalue weighted by atomic mass is 10.2. The highest BCUT2D eigenvalue weighted by Gasteiger charge is 2.20. The highest BCUT2D eigenvalue weighted by atomic mass is 16.3. The lowest BCUT2D eigenvalue weighted by molar-refractivity contribution is 0.432. The fourth-order valence-electron chi connectivity index (χ4n) is 3.11. The number of hydrogen-bond acceptors (Lipinski definition) is 5. The molecule has 0 unspecified atom stereocenters. The van der Waals surface area contributed by atoms with E-state index in [1.165, 1.54) is 4.52 Å². The van der Waals surface area contributed by atoms with Gasteiger partial charge in [0.1, 0.15) is 0 Å². The van der Waals surface area contributed by atoms with Gasteiger partial charge in [0.05, 0.1) is 17.2 Å². The Bertz CT molecular complexity index is 1220. The summed E-state index contributed by atoms with van der Waals surface area (Å²) in [6.45, 7) is 0.606. The lowest BCUT2D eigenvalue weighted by Gasteiger charge is -2.10. The van der Waals surface area contributed by atoms with E-state index in [9.17, 15) is 5.11 Å². The van der Waals surface area contributed by atoms with E-state index in [4.69, 9.17) is 4.98 Å². The molecular weight excluding hydrogens is 328 g/mol. The molecule has 0 atom stereocenters. The standard InChI is InChI=1S/C19H14N6O/c26-19-17(23-22-16-10-11-20-25(16)19)18-21-14-8-4-5-9-15(14)24(18)12-13-6-2-1-3-7-13/h1-11,26H,12H2. The molecule has 0 aliphatic heterocycles.